The van der Waals surface area contributed by atoms with Crippen LogP contribution in [-0.2, 0) is 13.2 Å². The van der Waals surface area contributed by atoms with Crippen LogP contribution in [0.25, 0.3) is 10.9 Å². The van der Waals surface area contributed by atoms with Gasteiger partial charge in [0.1, 0.15) is 5.82 Å². The fraction of sp³-hybridized carbons (Fsp3) is 0.118. The van der Waals surface area contributed by atoms with Gasteiger partial charge in [0.05, 0.1) is 11.1 Å². The van der Waals surface area contributed by atoms with E-state index in [1.54, 1.807) is 0 Å². The van der Waals surface area contributed by atoms with Crippen molar-refractivity contribution in [3.05, 3.63) is 59.4 Å². The van der Waals surface area contributed by atoms with Gasteiger partial charge in [-0.1, -0.05) is 6.07 Å². The van der Waals surface area contributed by atoms with E-state index in [0.717, 1.165) is 24.3 Å². The van der Waals surface area contributed by atoms with Crippen molar-refractivity contribution in [1.82, 2.24) is 4.57 Å². The van der Waals surface area contributed by atoms with Gasteiger partial charge >= 0.3 is 6.18 Å². The molecule has 2 aromatic carbocycles. The number of carbonyl (C=O) groups excluding carboxylic acids is 1. The maximum Gasteiger partial charge on any atom is 0.416 e. The van der Waals surface area contributed by atoms with Gasteiger partial charge in [0.15, 0.2) is 11.6 Å². The first kappa shape index (κ1) is 17.6. The molecule has 1 N–H and O–H groups in total. The highest BCUT2D eigenvalue weighted by Crippen LogP contribution is 2.38. The Bertz CT molecular complexity index is 1020. The number of amides is 1. The summed E-state index contributed by atoms with van der Waals surface area (Å²) in [6.45, 7) is 0. The van der Waals surface area contributed by atoms with Gasteiger partial charge in [-0.2, -0.15) is 13.2 Å². The molecule has 0 unspecified atom stereocenters. The van der Waals surface area contributed by atoms with Gasteiger partial charge in [0, 0.05) is 18.0 Å². The Balaban J connectivity index is 1.92. The third-order valence-electron chi connectivity index (χ3n) is 3.80. The average Bonchev–Trinajstić information content (AvgIpc) is 2.84. The van der Waals surface area contributed by atoms with E-state index >= 15 is 0 Å². The number of aromatic nitrogens is 1. The van der Waals surface area contributed by atoms with Crippen molar-refractivity contribution in [2.45, 2.75) is 6.18 Å². The monoisotopic (exact) mass is 365 g/mol. The normalized spacial score (nSPS) is 12.2. The van der Waals surface area contributed by atoms with Crippen LogP contribution in [0.5, 0.6) is 5.75 Å². The lowest BCUT2D eigenvalue weighted by Gasteiger charge is -2.05. The molecule has 0 aliphatic rings. The van der Waals surface area contributed by atoms with Gasteiger partial charge in [0.25, 0.3) is 5.91 Å². The number of benzene rings is 2. The summed E-state index contributed by atoms with van der Waals surface area (Å²) in [5, 5.41) is 17.4. The molecule has 1 amide bonds. The quantitative estimate of drug-likeness (QED) is 0.515. The first-order chi connectivity index (χ1) is 12.2. The predicted octanol–water partition coefficient (Wildman–Crippen LogP) is 4.97. The molecule has 0 saturated heterocycles. The minimum Gasteiger partial charge on any atom is -0.504 e. The number of azo groups is 1. The van der Waals surface area contributed by atoms with E-state index < -0.39 is 23.5 Å². The lowest BCUT2D eigenvalue weighted by Crippen LogP contribution is -2.05. The standard InChI is InChI=1S/C17H11F4N3O2/c1-24-13-11(3-2-4-12(13)18)14(25)15(24)22-23-16(26)9-5-7-10(8-6-9)17(19,20)21/h2-8,25H,1H3. The molecule has 26 heavy (non-hydrogen) atoms. The smallest absolute Gasteiger partial charge is 0.416 e. The second-order valence-electron chi connectivity index (χ2n) is 5.45. The molecule has 1 aromatic heterocycles. The Morgan fingerprint density at radius 2 is 1.77 bits per heavy atom. The zero-order chi connectivity index (χ0) is 19.1. The van der Waals surface area contributed by atoms with Crippen LogP contribution in [-0.4, -0.2) is 15.6 Å². The predicted molar refractivity (Wildman–Crippen MR) is 84.8 cm³/mol. The summed E-state index contributed by atoms with van der Waals surface area (Å²) < 4.78 is 52.7. The summed E-state index contributed by atoms with van der Waals surface area (Å²) in [4.78, 5) is 12.0. The molecule has 9 heteroatoms. The minimum absolute atomic E-state index is 0.0842. The number of halogens is 4. The van der Waals surface area contributed by atoms with Crippen molar-refractivity contribution < 1.29 is 27.5 Å². The number of fused-ring (bicyclic) bond motifs is 1. The molecule has 134 valence electrons. The van der Waals surface area contributed by atoms with E-state index in [9.17, 15) is 27.5 Å². The fourth-order valence-electron chi connectivity index (χ4n) is 2.50. The Hall–Kier alpha value is -3.23. The molecule has 5 nitrogen and oxygen atoms in total. The van der Waals surface area contributed by atoms with Crippen LogP contribution in [0.3, 0.4) is 0 Å². The SMILES string of the molecule is Cn1c(N=NC(=O)c2ccc(C(F)(F)F)cc2)c(O)c2cccc(F)c21. The molecule has 1 heterocycles. The first-order valence-electron chi connectivity index (χ1n) is 7.29. The zero-order valence-electron chi connectivity index (χ0n) is 13.3. The van der Waals surface area contributed by atoms with Crippen molar-refractivity contribution in [2.75, 3.05) is 0 Å². The maximum absolute atomic E-state index is 13.9. The lowest BCUT2D eigenvalue weighted by atomic mass is 10.1. The van der Waals surface area contributed by atoms with Crippen LogP contribution in [0.1, 0.15) is 15.9 Å². The number of carbonyl (C=O) groups is 1. The number of aromatic hydroxyl groups is 1. The summed E-state index contributed by atoms with van der Waals surface area (Å²) in [5.74, 6) is -1.99. The van der Waals surface area contributed by atoms with Crippen molar-refractivity contribution in [1.29, 1.82) is 0 Å². The molecule has 0 atom stereocenters. The number of aryl methyl sites for hydroxylation is 1. The second-order valence-corrected chi connectivity index (χ2v) is 5.45. The van der Waals surface area contributed by atoms with Crippen molar-refractivity contribution in [2.24, 2.45) is 17.3 Å². The Kier molecular flexibility index (Phi) is 4.23. The lowest BCUT2D eigenvalue weighted by molar-refractivity contribution is -0.137. The number of rotatable bonds is 2. The molecule has 0 aliphatic heterocycles. The first-order valence-corrected chi connectivity index (χ1v) is 7.29. The minimum atomic E-state index is -4.51. The van der Waals surface area contributed by atoms with Crippen LogP contribution in [0.15, 0.2) is 52.7 Å². The molecule has 0 saturated carbocycles. The molecule has 0 radical (unpaired) electrons. The molecule has 0 bridgehead atoms. The number of nitrogens with zero attached hydrogens (tertiary/aromatic N) is 3. The van der Waals surface area contributed by atoms with E-state index in [-0.39, 0.29) is 28.0 Å². The van der Waals surface area contributed by atoms with Gasteiger partial charge in [-0.3, -0.25) is 4.79 Å². The van der Waals surface area contributed by atoms with E-state index in [4.69, 9.17) is 0 Å². The third kappa shape index (κ3) is 3.03. The van der Waals surface area contributed by atoms with Crippen molar-refractivity contribution in [3.8, 4) is 5.75 Å². The van der Waals surface area contributed by atoms with Crippen molar-refractivity contribution in [3.63, 3.8) is 0 Å². The van der Waals surface area contributed by atoms with Gasteiger partial charge < -0.3 is 9.67 Å². The average molecular weight is 365 g/mol. The summed E-state index contributed by atoms with van der Waals surface area (Å²) in [7, 11) is 1.43. The van der Waals surface area contributed by atoms with Gasteiger partial charge in [-0.25, -0.2) is 4.39 Å². The fourth-order valence-corrected chi connectivity index (χ4v) is 2.50. The summed E-state index contributed by atoms with van der Waals surface area (Å²) in [6, 6.07) is 7.56. The number of hydrogen-bond acceptors (Lipinski definition) is 3. The highest BCUT2D eigenvalue weighted by atomic mass is 19.4. The number of hydrogen-bond donors (Lipinski definition) is 1. The topological polar surface area (TPSA) is 67.0 Å². The molecule has 3 aromatic rings. The number of alkyl halides is 3. The Morgan fingerprint density at radius 3 is 2.35 bits per heavy atom. The molecule has 0 spiro atoms. The van der Waals surface area contributed by atoms with Crippen LogP contribution in [0.4, 0.5) is 23.4 Å². The summed E-state index contributed by atoms with van der Waals surface area (Å²) >= 11 is 0. The third-order valence-corrected chi connectivity index (χ3v) is 3.80. The van der Waals surface area contributed by atoms with Crippen LogP contribution in [0, 0.1) is 5.82 Å². The van der Waals surface area contributed by atoms with E-state index in [2.05, 4.69) is 10.2 Å². The van der Waals surface area contributed by atoms with E-state index in [0.29, 0.717) is 0 Å². The zero-order valence-corrected chi connectivity index (χ0v) is 13.3. The molecule has 0 fully saturated rings. The highest BCUT2D eigenvalue weighted by Gasteiger charge is 2.30. The van der Waals surface area contributed by atoms with E-state index in [1.165, 1.54) is 29.8 Å². The molecule has 3 rings (SSSR count). The molecular formula is C17H11F4N3O2. The summed E-state index contributed by atoms with van der Waals surface area (Å²) in [5.41, 5.74) is -0.917. The van der Waals surface area contributed by atoms with Crippen LogP contribution >= 0.6 is 0 Å². The maximum atomic E-state index is 13.9. The van der Waals surface area contributed by atoms with Gasteiger partial charge in [-0.15, -0.1) is 10.2 Å². The van der Waals surface area contributed by atoms with Gasteiger partial charge in [-0.05, 0) is 36.4 Å². The molecular weight excluding hydrogens is 354 g/mol. The summed E-state index contributed by atoms with van der Waals surface area (Å²) in [6.07, 6.45) is -4.51. The Labute approximate surface area is 144 Å². The van der Waals surface area contributed by atoms with Crippen LogP contribution in [0.2, 0.25) is 0 Å². The largest absolute Gasteiger partial charge is 0.504 e. The molecule has 0 aliphatic carbocycles. The van der Waals surface area contributed by atoms with Crippen LogP contribution < -0.4 is 0 Å². The van der Waals surface area contributed by atoms with Crippen molar-refractivity contribution >= 4 is 22.6 Å². The number of para-hydroxylation sites is 1. The Morgan fingerprint density at radius 1 is 1.12 bits per heavy atom. The van der Waals surface area contributed by atoms with E-state index in [1.807, 2.05) is 0 Å². The second kappa shape index (κ2) is 6.25. The highest BCUT2D eigenvalue weighted by molar-refractivity contribution is 5.95. The van der Waals surface area contributed by atoms with Gasteiger partial charge in [0.2, 0.25) is 0 Å².